The van der Waals surface area contributed by atoms with Crippen LogP contribution in [0.2, 0.25) is 0 Å². The summed E-state index contributed by atoms with van der Waals surface area (Å²) in [6.07, 6.45) is 0. The van der Waals surface area contributed by atoms with Gasteiger partial charge in [-0.1, -0.05) is 42.5 Å². The van der Waals surface area contributed by atoms with Crippen LogP contribution in [-0.4, -0.2) is 5.97 Å². The molecule has 5 aromatic rings. The van der Waals surface area contributed by atoms with E-state index in [2.05, 4.69) is 74.7 Å². The zero-order valence-electron chi connectivity index (χ0n) is 23.5. The topological polar surface area (TPSA) is 59.6 Å². The normalized spacial score (nSPS) is 14.0. The van der Waals surface area contributed by atoms with Crippen LogP contribution in [0.15, 0.2) is 97.1 Å². The van der Waals surface area contributed by atoms with E-state index in [1.54, 1.807) is 0 Å². The predicted molar refractivity (Wildman–Crippen MR) is 163 cm³/mol. The number of anilines is 4. The fourth-order valence-corrected chi connectivity index (χ4v) is 5.88. The van der Waals surface area contributed by atoms with E-state index < -0.39 is 5.60 Å². The Kier molecular flexibility index (Phi) is 5.65. The minimum atomic E-state index is -1.11. The molecular formula is C36H30N2O3. The number of hydrogen-bond acceptors (Lipinski definition) is 5. The number of carbonyl (C=O) groups is 1. The molecule has 2 N–H and O–H groups in total. The van der Waals surface area contributed by atoms with E-state index in [1.165, 1.54) is 11.1 Å². The Balaban J connectivity index is 1.37. The molecule has 5 nitrogen and oxygen atoms in total. The fourth-order valence-electron chi connectivity index (χ4n) is 5.88. The molecular weight excluding hydrogens is 508 g/mol. The van der Waals surface area contributed by atoms with Crippen molar-refractivity contribution in [2.45, 2.75) is 33.3 Å². The first kappa shape index (κ1) is 25.0. The highest BCUT2D eigenvalue weighted by atomic mass is 16.6. The summed E-state index contributed by atoms with van der Waals surface area (Å²) in [4.78, 5) is 13.2. The molecule has 0 atom stereocenters. The molecule has 0 saturated carbocycles. The molecule has 2 aliphatic rings. The lowest BCUT2D eigenvalue weighted by Crippen LogP contribution is -2.33. The van der Waals surface area contributed by atoms with Gasteiger partial charge in [0.1, 0.15) is 11.5 Å². The Bertz CT molecular complexity index is 1770. The van der Waals surface area contributed by atoms with E-state index in [0.29, 0.717) is 17.1 Å². The van der Waals surface area contributed by atoms with Gasteiger partial charge < -0.3 is 20.1 Å². The van der Waals surface area contributed by atoms with Crippen molar-refractivity contribution < 1.29 is 14.3 Å². The van der Waals surface area contributed by atoms with Crippen LogP contribution in [0.25, 0.3) is 0 Å². The maximum Gasteiger partial charge on any atom is 0.340 e. The summed E-state index contributed by atoms with van der Waals surface area (Å²) in [6, 6.07) is 32.3. The number of nitrogens with one attached hydrogen (secondary N) is 2. The van der Waals surface area contributed by atoms with Gasteiger partial charge in [-0.25, -0.2) is 4.79 Å². The second-order valence-corrected chi connectivity index (χ2v) is 11.0. The molecule has 0 radical (unpaired) electrons. The molecule has 7 rings (SSSR count). The number of fused-ring (bicyclic) bond motifs is 6. The van der Waals surface area contributed by atoms with Crippen molar-refractivity contribution in [3.63, 3.8) is 0 Å². The average molecular weight is 539 g/mol. The van der Waals surface area contributed by atoms with Gasteiger partial charge in [0.15, 0.2) is 5.60 Å². The molecule has 1 spiro atoms. The van der Waals surface area contributed by atoms with Crippen LogP contribution >= 0.6 is 0 Å². The molecule has 0 amide bonds. The molecule has 0 aromatic heterocycles. The molecule has 5 heteroatoms. The molecule has 0 saturated heterocycles. The number of benzene rings is 5. The summed E-state index contributed by atoms with van der Waals surface area (Å²) in [7, 11) is 0. The zero-order chi connectivity index (χ0) is 28.3. The summed E-state index contributed by atoms with van der Waals surface area (Å²) in [5.41, 5.74) is 10.4. The number of rotatable bonds is 4. The van der Waals surface area contributed by atoms with E-state index in [9.17, 15) is 4.79 Å². The molecule has 5 aromatic carbocycles. The number of aryl methyl sites for hydroxylation is 4. The van der Waals surface area contributed by atoms with Gasteiger partial charge in [0.2, 0.25) is 0 Å². The van der Waals surface area contributed by atoms with Crippen molar-refractivity contribution in [2.24, 2.45) is 0 Å². The summed E-state index contributed by atoms with van der Waals surface area (Å²) in [5, 5.41) is 7.10. The first-order chi connectivity index (χ1) is 19.8. The Morgan fingerprint density at radius 1 is 0.585 bits per heavy atom. The van der Waals surface area contributed by atoms with Gasteiger partial charge in [-0.05, 0) is 92.4 Å². The lowest BCUT2D eigenvalue weighted by atomic mass is 9.77. The van der Waals surface area contributed by atoms with E-state index in [0.717, 1.165) is 50.6 Å². The highest BCUT2D eigenvalue weighted by molar-refractivity contribution is 5.97. The SMILES string of the molecule is Cc1ccc(C)c(Nc2ccc3c(c2)Oc2cc(Nc4cc(C)ccc4C)ccc2C32OC(=O)c3ccccc32)c1. The quantitative estimate of drug-likeness (QED) is 0.224. The molecule has 0 aliphatic carbocycles. The van der Waals surface area contributed by atoms with Crippen LogP contribution in [0.1, 0.15) is 49.3 Å². The molecule has 41 heavy (non-hydrogen) atoms. The summed E-state index contributed by atoms with van der Waals surface area (Å²) >= 11 is 0. The molecule has 202 valence electrons. The maximum atomic E-state index is 13.2. The highest BCUT2D eigenvalue weighted by Gasteiger charge is 2.53. The monoisotopic (exact) mass is 538 g/mol. The van der Waals surface area contributed by atoms with Crippen molar-refractivity contribution in [3.8, 4) is 11.5 Å². The zero-order valence-corrected chi connectivity index (χ0v) is 23.5. The average Bonchev–Trinajstić information content (AvgIpc) is 3.25. The molecule has 0 bridgehead atoms. The van der Waals surface area contributed by atoms with Gasteiger partial charge in [0, 0.05) is 51.6 Å². The summed E-state index contributed by atoms with van der Waals surface area (Å²) in [5.74, 6) is 0.942. The van der Waals surface area contributed by atoms with Crippen molar-refractivity contribution in [1.29, 1.82) is 0 Å². The number of esters is 1. The molecule has 0 unspecified atom stereocenters. The Morgan fingerprint density at radius 3 is 1.68 bits per heavy atom. The molecule has 2 aliphatic heterocycles. The third-order valence-corrected chi connectivity index (χ3v) is 8.06. The van der Waals surface area contributed by atoms with Gasteiger partial charge in [0.25, 0.3) is 0 Å². The van der Waals surface area contributed by atoms with E-state index >= 15 is 0 Å². The maximum absolute atomic E-state index is 13.2. The second-order valence-electron chi connectivity index (χ2n) is 11.0. The van der Waals surface area contributed by atoms with Crippen molar-refractivity contribution >= 4 is 28.7 Å². The Hall–Kier alpha value is -5.03. The van der Waals surface area contributed by atoms with Crippen LogP contribution in [0.3, 0.4) is 0 Å². The summed E-state index contributed by atoms with van der Waals surface area (Å²) in [6.45, 7) is 8.33. The van der Waals surface area contributed by atoms with Crippen LogP contribution in [0, 0.1) is 27.7 Å². The van der Waals surface area contributed by atoms with Crippen molar-refractivity contribution in [1.82, 2.24) is 0 Å². The minimum Gasteiger partial charge on any atom is -0.456 e. The summed E-state index contributed by atoms with van der Waals surface area (Å²) < 4.78 is 12.9. The smallest absolute Gasteiger partial charge is 0.340 e. The van der Waals surface area contributed by atoms with Crippen LogP contribution < -0.4 is 15.4 Å². The largest absolute Gasteiger partial charge is 0.456 e. The minimum absolute atomic E-state index is 0.338. The van der Waals surface area contributed by atoms with Gasteiger partial charge in [-0.3, -0.25) is 0 Å². The molecule has 0 fully saturated rings. The van der Waals surface area contributed by atoms with E-state index in [-0.39, 0.29) is 5.97 Å². The van der Waals surface area contributed by atoms with Crippen molar-refractivity contribution in [2.75, 3.05) is 10.6 Å². The number of hydrogen-bond donors (Lipinski definition) is 2. The van der Waals surface area contributed by atoms with Crippen molar-refractivity contribution in [3.05, 3.63) is 142 Å². The third-order valence-electron chi connectivity index (χ3n) is 8.06. The van der Waals surface area contributed by atoms with Gasteiger partial charge in [0.05, 0.1) is 5.56 Å². The van der Waals surface area contributed by atoms with Crippen LogP contribution in [-0.2, 0) is 10.3 Å². The standard InChI is InChI=1S/C36H30N2O3/c1-21-9-11-23(3)31(17-21)37-25-13-15-29-33(19-25)40-34-20-26(38-32-18-22(2)10-12-24(32)4)14-16-30(34)36(29)28-8-6-5-7-27(28)35(39)41-36/h5-20,37-38H,1-4H3. The lowest BCUT2D eigenvalue weighted by molar-refractivity contribution is 0.0224. The van der Waals surface area contributed by atoms with Gasteiger partial charge >= 0.3 is 5.97 Å². The molecule has 2 heterocycles. The van der Waals surface area contributed by atoms with Crippen LogP contribution in [0.4, 0.5) is 22.7 Å². The lowest BCUT2D eigenvalue weighted by Gasteiger charge is -2.37. The predicted octanol–water partition coefficient (Wildman–Crippen LogP) is 8.98. The first-order valence-electron chi connectivity index (χ1n) is 13.8. The first-order valence-corrected chi connectivity index (χ1v) is 13.8. The van der Waals surface area contributed by atoms with E-state index in [1.807, 2.05) is 60.7 Å². The van der Waals surface area contributed by atoms with E-state index in [4.69, 9.17) is 9.47 Å². The Labute approximate surface area is 239 Å². The highest BCUT2D eigenvalue weighted by Crippen LogP contribution is 2.57. The second kappa shape index (κ2) is 9.27. The Morgan fingerprint density at radius 2 is 1.12 bits per heavy atom. The fraction of sp³-hybridized carbons (Fsp3) is 0.139. The van der Waals surface area contributed by atoms with Crippen LogP contribution in [0.5, 0.6) is 11.5 Å². The number of ether oxygens (including phenoxy) is 2. The van der Waals surface area contributed by atoms with Gasteiger partial charge in [-0.2, -0.15) is 0 Å². The third kappa shape index (κ3) is 4.04. The number of carbonyl (C=O) groups excluding carboxylic acids is 1. The van der Waals surface area contributed by atoms with Gasteiger partial charge in [-0.15, -0.1) is 0 Å².